The molecule has 0 aromatic heterocycles. The minimum absolute atomic E-state index is 0. The maximum absolute atomic E-state index is 8.92. The molecular formula is C7H10CaO. The molecule has 0 atom stereocenters. The number of hydrogen-bond donors (Lipinski definition) is 1. The summed E-state index contributed by atoms with van der Waals surface area (Å²) in [6.45, 7) is 1.87. The Labute approximate surface area is 84.7 Å². The monoisotopic (exact) mass is 150 g/mol. The van der Waals surface area contributed by atoms with Crippen LogP contribution in [0.1, 0.15) is 5.56 Å². The van der Waals surface area contributed by atoms with E-state index in [0.29, 0.717) is 5.75 Å². The van der Waals surface area contributed by atoms with Gasteiger partial charge in [0.05, 0.1) is 0 Å². The van der Waals surface area contributed by atoms with Crippen molar-refractivity contribution < 1.29 is 5.11 Å². The number of rotatable bonds is 0. The van der Waals surface area contributed by atoms with Crippen molar-refractivity contribution in [3.63, 3.8) is 0 Å². The van der Waals surface area contributed by atoms with E-state index in [0.717, 1.165) is 5.56 Å². The third-order valence-electron chi connectivity index (χ3n) is 1.12. The first-order valence-corrected chi connectivity index (χ1v) is 2.55. The molecule has 0 radical (unpaired) electrons. The molecule has 46 valence electrons. The normalized spacial score (nSPS) is 8.11. The van der Waals surface area contributed by atoms with Gasteiger partial charge in [-0.1, -0.05) is 18.2 Å². The van der Waals surface area contributed by atoms with Gasteiger partial charge < -0.3 is 5.11 Å². The van der Waals surface area contributed by atoms with Crippen molar-refractivity contribution in [1.82, 2.24) is 0 Å². The maximum atomic E-state index is 8.92. The van der Waals surface area contributed by atoms with Crippen LogP contribution < -0.4 is 0 Å². The zero-order valence-electron chi connectivity index (χ0n) is 4.76. The quantitative estimate of drug-likeness (QED) is 0.542. The Hall–Kier alpha value is 0.280. The van der Waals surface area contributed by atoms with Crippen molar-refractivity contribution in [3.05, 3.63) is 29.8 Å². The van der Waals surface area contributed by atoms with Gasteiger partial charge in [0.25, 0.3) is 0 Å². The standard InChI is InChI=1S/C7H8O.Ca.2H/c1-6-4-2-3-5-7(6)8;;;/h2-5,8H,1H3;;;. The van der Waals surface area contributed by atoms with E-state index in [1.165, 1.54) is 0 Å². The van der Waals surface area contributed by atoms with Gasteiger partial charge in [0.1, 0.15) is 5.75 Å². The van der Waals surface area contributed by atoms with Crippen molar-refractivity contribution >= 4 is 37.7 Å². The fourth-order valence-corrected chi connectivity index (χ4v) is 0.563. The summed E-state index contributed by atoms with van der Waals surface area (Å²) in [6.07, 6.45) is 0. The second-order valence-electron chi connectivity index (χ2n) is 1.79. The Kier molecular flexibility index (Phi) is 4.28. The molecule has 0 aliphatic heterocycles. The molecule has 1 aromatic rings. The van der Waals surface area contributed by atoms with Crippen LogP contribution in [0.2, 0.25) is 0 Å². The molecule has 1 N–H and O–H groups in total. The fourth-order valence-electron chi connectivity index (χ4n) is 0.563. The molecule has 0 saturated heterocycles. The summed E-state index contributed by atoms with van der Waals surface area (Å²) in [5.74, 6) is 0.368. The van der Waals surface area contributed by atoms with Crippen molar-refractivity contribution in [2.45, 2.75) is 6.92 Å². The molecule has 0 amide bonds. The molecule has 0 heterocycles. The van der Waals surface area contributed by atoms with Crippen LogP contribution in [0.5, 0.6) is 5.75 Å². The number of para-hydroxylation sites is 1. The Bertz CT molecular complexity index is 165. The topological polar surface area (TPSA) is 20.2 Å². The van der Waals surface area contributed by atoms with Crippen LogP contribution in [0.4, 0.5) is 0 Å². The van der Waals surface area contributed by atoms with Gasteiger partial charge in [-0.3, -0.25) is 0 Å². The predicted molar refractivity (Wildman–Crippen MR) is 41.4 cm³/mol. The van der Waals surface area contributed by atoms with Crippen LogP contribution in [-0.4, -0.2) is 42.8 Å². The van der Waals surface area contributed by atoms with Crippen LogP contribution in [0.3, 0.4) is 0 Å². The summed E-state index contributed by atoms with van der Waals surface area (Å²) in [4.78, 5) is 0. The summed E-state index contributed by atoms with van der Waals surface area (Å²) in [5, 5.41) is 8.92. The average molecular weight is 150 g/mol. The second-order valence-corrected chi connectivity index (χ2v) is 1.79. The molecule has 1 rings (SSSR count). The summed E-state index contributed by atoms with van der Waals surface area (Å²) in [7, 11) is 0. The molecule has 0 unspecified atom stereocenters. The van der Waals surface area contributed by atoms with E-state index in [9.17, 15) is 0 Å². The van der Waals surface area contributed by atoms with Crippen molar-refractivity contribution in [3.8, 4) is 5.75 Å². The Morgan fingerprint density at radius 3 is 2.11 bits per heavy atom. The molecule has 0 aliphatic carbocycles. The van der Waals surface area contributed by atoms with E-state index in [4.69, 9.17) is 5.11 Å². The number of phenols is 1. The minimum atomic E-state index is 0. The average Bonchev–Trinajstić information content (AvgIpc) is 1.77. The van der Waals surface area contributed by atoms with Crippen LogP contribution in [-0.2, 0) is 0 Å². The molecule has 0 bridgehead atoms. The van der Waals surface area contributed by atoms with E-state index in [1.807, 2.05) is 25.1 Å². The molecule has 0 aliphatic rings. The van der Waals surface area contributed by atoms with E-state index in [1.54, 1.807) is 6.07 Å². The van der Waals surface area contributed by atoms with Crippen LogP contribution in [0.15, 0.2) is 24.3 Å². The van der Waals surface area contributed by atoms with Crippen LogP contribution in [0, 0.1) is 6.92 Å². The summed E-state index contributed by atoms with van der Waals surface area (Å²) < 4.78 is 0. The van der Waals surface area contributed by atoms with Gasteiger partial charge in [0, 0.05) is 0 Å². The number of aromatic hydroxyl groups is 1. The van der Waals surface area contributed by atoms with E-state index in [2.05, 4.69) is 0 Å². The first kappa shape index (κ1) is 9.28. The van der Waals surface area contributed by atoms with Gasteiger partial charge in [0.15, 0.2) is 0 Å². The third kappa shape index (κ3) is 2.57. The number of aryl methyl sites for hydroxylation is 1. The molecule has 0 fully saturated rings. The predicted octanol–water partition coefficient (Wildman–Crippen LogP) is 0.784. The molecule has 1 aromatic carbocycles. The number of hydrogen-bond acceptors (Lipinski definition) is 1. The fraction of sp³-hybridized carbons (Fsp3) is 0.143. The Morgan fingerprint density at radius 2 is 1.78 bits per heavy atom. The molecule has 0 spiro atoms. The van der Waals surface area contributed by atoms with E-state index >= 15 is 0 Å². The summed E-state index contributed by atoms with van der Waals surface area (Å²) in [5.41, 5.74) is 0.924. The van der Waals surface area contributed by atoms with Crippen molar-refractivity contribution in [2.24, 2.45) is 0 Å². The first-order valence-electron chi connectivity index (χ1n) is 2.55. The second kappa shape index (κ2) is 4.15. The zero-order chi connectivity index (χ0) is 5.98. The van der Waals surface area contributed by atoms with E-state index in [-0.39, 0.29) is 37.7 Å². The Morgan fingerprint density at radius 1 is 1.22 bits per heavy atom. The summed E-state index contributed by atoms with van der Waals surface area (Å²) >= 11 is 0. The number of phenolic OH excluding ortho intramolecular Hbond substituents is 1. The van der Waals surface area contributed by atoms with E-state index < -0.39 is 0 Å². The van der Waals surface area contributed by atoms with Gasteiger partial charge in [-0.15, -0.1) is 0 Å². The first-order chi connectivity index (χ1) is 3.80. The van der Waals surface area contributed by atoms with Gasteiger partial charge in [-0.2, -0.15) is 0 Å². The molecule has 2 heteroatoms. The van der Waals surface area contributed by atoms with Gasteiger partial charge in [-0.05, 0) is 18.6 Å². The van der Waals surface area contributed by atoms with Gasteiger partial charge in [0.2, 0.25) is 0 Å². The summed E-state index contributed by atoms with van der Waals surface area (Å²) in [6, 6.07) is 7.25. The molecule has 1 nitrogen and oxygen atoms in total. The number of benzene rings is 1. The Balaban J connectivity index is 0.000000640. The SMILES string of the molecule is Cc1ccccc1O.[CaH2]. The third-order valence-corrected chi connectivity index (χ3v) is 1.12. The van der Waals surface area contributed by atoms with Gasteiger partial charge >= 0.3 is 37.7 Å². The van der Waals surface area contributed by atoms with Crippen LogP contribution >= 0.6 is 0 Å². The molecular weight excluding hydrogens is 140 g/mol. The van der Waals surface area contributed by atoms with Crippen LogP contribution in [0.25, 0.3) is 0 Å². The van der Waals surface area contributed by atoms with Crippen molar-refractivity contribution in [1.29, 1.82) is 0 Å². The van der Waals surface area contributed by atoms with Gasteiger partial charge in [-0.25, -0.2) is 0 Å². The van der Waals surface area contributed by atoms with Crippen molar-refractivity contribution in [2.75, 3.05) is 0 Å². The molecule has 9 heavy (non-hydrogen) atoms. The zero-order valence-corrected chi connectivity index (χ0v) is 4.76. The molecule has 0 saturated carbocycles.